The fourth-order valence-corrected chi connectivity index (χ4v) is 4.14. The molecule has 0 aliphatic rings. The number of aryl methyl sites for hydroxylation is 2. The van der Waals surface area contributed by atoms with Crippen LogP contribution >= 0.6 is 0 Å². The molecule has 158 valence electrons. The van der Waals surface area contributed by atoms with Gasteiger partial charge in [-0.15, -0.1) is 0 Å². The quantitative estimate of drug-likeness (QED) is 0.503. The third-order valence-corrected chi connectivity index (χ3v) is 6.11. The maximum absolute atomic E-state index is 13.1. The first-order valence-corrected chi connectivity index (χ1v) is 11.0. The summed E-state index contributed by atoms with van der Waals surface area (Å²) in [6, 6.07) is 6.06. The number of nitrogens with zero attached hydrogens (tertiary/aromatic N) is 5. The second-order valence-electron chi connectivity index (χ2n) is 7.25. The molecule has 30 heavy (non-hydrogen) atoms. The van der Waals surface area contributed by atoms with Crippen molar-refractivity contribution in [1.82, 2.24) is 23.1 Å². The fourth-order valence-electron chi connectivity index (χ4n) is 3.63. The molecule has 0 fully saturated rings. The predicted molar refractivity (Wildman–Crippen MR) is 113 cm³/mol. The maximum Gasteiger partial charge on any atom is 0.332 e. The van der Waals surface area contributed by atoms with E-state index >= 15 is 0 Å². The number of rotatable bonds is 5. The van der Waals surface area contributed by atoms with Crippen LogP contribution in [0.5, 0.6) is 0 Å². The average molecular weight is 430 g/mol. The predicted octanol–water partition coefficient (Wildman–Crippen LogP) is 0.895. The molecular weight excluding hydrogens is 408 g/mol. The normalized spacial score (nSPS) is 12.3. The summed E-state index contributed by atoms with van der Waals surface area (Å²) in [4.78, 5) is 30.3. The van der Waals surface area contributed by atoms with Crippen LogP contribution in [0.25, 0.3) is 22.6 Å². The van der Waals surface area contributed by atoms with Gasteiger partial charge >= 0.3 is 5.69 Å². The first kappa shape index (κ1) is 20.1. The number of aromatic nitrogens is 5. The number of imidazole rings is 2. The number of hydrogen-bond donors (Lipinski definition) is 1. The van der Waals surface area contributed by atoms with Crippen molar-refractivity contribution in [1.29, 1.82) is 0 Å². The van der Waals surface area contributed by atoms with Crippen molar-refractivity contribution in [2.75, 3.05) is 0 Å². The standard InChI is InChI=1S/C19H22N6O4S/c1-4-5-10-23-17(26)15-16(22(3)19(23)27)21-18-24(15)11-12(2)25(18)13-6-8-14(9-7-13)30(20,28)29/h6-9,11H,4-5,10H2,1-3H3,(H2,20,28,29). The van der Waals surface area contributed by atoms with Gasteiger partial charge in [0.2, 0.25) is 15.8 Å². The van der Waals surface area contributed by atoms with Gasteiger partial charge in [0.15, 0.2) is 11.2 Å². The van der Waals surface area contributed by atoms with E-state index in [9.17, 15) is 18.0 Å². The smallest absolute Gasteiger partial charge is 0.283 e. The van der Waals surface area contributed by atoms with Crippen molar-refractivity contribution in [3.8, 4) is 5.69 Å². The van der Waals surface area contributed by atoms with Crippen LogP contribution in [0.15, 0.2) is 44.9 Å². The lowest BCUT2D eigenvalue weighted by atomic mass is 10.3. The van der Waals surface area contributed by atoms with Crippen molar-refractivity contribution in [3.05, 3.63) is 57.0 Å². The summed E-state index contributed by atoms with van der Waals surface area (Å²) in [6.07, 6.45) is 3.35. The molecule has 0 aliphatic heterocycles. The Morgan fingerprint density at radius 1 is 1.13 bits per heavy atom. The maximum atomic E-state index is 13.1. The summed E-state index contributed by atoms with van der Waals surface area (Å²) in [5, 5.41) is 5.17. The molecule has 0 radical (unpaired) electrons. The monoisotopic (exact) mass is 430 g/mol. The Morgan fingerprint density at radius 3 is 2.40 bits per heavy atom. The zero-order chi connectivity index (χ0) is 21.8. The molecule has 0 bridgehead atoms. The topological polar surface area (TPSA) is 126 Å². The number of benzene rings is 1. The molecule has 10 nitrogen and oxygen atoms in total. The summed E-state index contributed by atoms with van der Waals surface area (Å²) in [5.41, 5.74) is 1.28. The number of hydrogen-bond acceptors (Lipinski definition) is 5. The van der Waals surface area contributed by atoms with Crippen LogP contribution in [-0.4, -0.2) is 31.5 Å². The first-order chi connectivity index (χ1) is 14.1. The van der Waals surface area contributed by atoms with Crippen molar-refractivity contribution in [2.45, 2.75) is 38.1 Å². The highest BCUT2D eigenvalue weighted by molar-refractivity contribution is 7.89. The number of primary sulfonamides is 1. The Hall–Kier alpha value is -3.18. The molecule has 0 atom stereocenters. The van der Waals surface area contributed by atoms with E-state index in [1.165, 1.54) is 21.3 Å². The molecule has 0 aliphatic carbocycles. The van der Waals surface area contributed by atoms with Crippen LogP contribution in [0.3, 0.4) is 0 Å². The van der Waals surface area contributed by atoms with Crippen LogP contribution in [0, 0.1) is 6.92 Å². The molecule has 0 spiro atoms. The first-order valence-electron chi connectivity index (χ1n) is 9.48. The highest BCUT2D eigenvalue weighted by Crippen LogP contribution is 2.22. The van der Waals surface area contributed by atoms with E-state index in [1.807, 2.05) is 13.8 Å². The molecule has 0 unspecified atom stereocenters. The van der Waals surface area contributed by atoms with Crippen LogP contribution in [0.4, 0.5) is 0 Å². The Balaban J connectivity index is 2.00. The summed E-state index contributed by atoms with van der Waals surface area (Å²) in [7, 11) is -2.21. The number of nitrogens with two attached hydrogens (primary N) is 1. The number of fused-ring (bicyclic) bond motifs is 3. The summed E-state index contributed by atoms with van der Waals surface area (Å²) in [6.45, 7) is 4.20. The molecule has 1 aromatic carbocycles. The van der Waals surface area contributed by atoms with Gasteiger partial charge in [-0.25, -0.2) is 18.4 Å². The summed E-state index contributed by atoms with van der Waals surface area (Å²) >= 11 is 0. The molecule has 11 heteroatoms. The lowest BCUT2D eigenvalue weighted by Gasteiger charge is -2.07. The fraction of sp³-hybridized carbons (Fsp3) is 0.316. The van der Waals surface area contributed by atoms with E-state index in [2.05, 4.69) is 4.98 Å². The zero-order valence-corrected chi connectivity index (χ0v) is 17.7. The molecule has 3 heterocycles. The van der Waals surface area contributed by atoms with Gasteiger partial charge < -0.3 is 0 Å². The van der Waals surface area contributed by atoms with E-state index in [4.69, 9.17) is 5.14 Å². The second-order valence-corrected chi connectivity index (χ2v) is 8.81. The molecule has 4 aromatic rings. The van der Waals surface area contributed by atoms with Crippen molar-refractivity contribution >= 4 is 27.0 Å². The van der Waals surface area contributed by atoms with E-state index in [0.29, 0.717) is 29.2 Å². The Labute approximate surface area is 171 Å². The van der Waals surface area contributed by atoms with Gasteiger partial charge in [-0.3, -0.25) is 22.9 Å². The highest BCUT2D eigenvalue weighted by Gasteiger charge is 2.20. The van der Waals surface area contributed by atoms with Crippen LogP contribution in [-0.2, 0) is 23.6 Å². The lowest BCUT2D eigenvalue weighted by Crippen LogP contribution is -2.39. The SMILES string of the molecule is CCCCn1c(=O)c2c(nc3n(-c4ccc(S(N)(=O)=O)cc4)c(C)cn23)n(C)c1=O. The molecule has 2 N–H and O–H groups in total. The summed E-state index contributed by atoms with van der Waals surface area (Å²) in [5.74, 6) is 0.450. The van der Waals surface area contributed by atoms with Gasteiger partial charge in [0.05, 0.1) is 4.90 Å². The third-order valence-electron chi connectivity index (χ3n) is 5.18. The lowest BCUT2D eigenvalue weighted by molar-refractivity contribution is 0.566. The van der Waals surface area contributed by atoms with Gasteiger partial charge in [0.25, 0.3) is 5.56 Å². The van der Waals surface area contributed by atoms with Crippen LogP contribution in [0.2, 0.25) is 0 Å². The van der Waals surface area contributed by atoms with E-state index in [1.54, 1.807) is 34.3 Å². The minimum Gasteiger partial charge on any atom is -0.283 e. The van der Waals surface area contributed by atoms with Crippen molar-refractivity contribution < 1.29 is 8.42 Å². The van der Waals surface area contributed by atoms with Crippen LogP contribution < -0.4 is 16.4 Å². The van der Waals surface area contributed by atoms with Gasteiger partial charge in [-0.1, -0.05) is 13.3 Å². The Kier molecular flexibility index (Phi) is 4.66. The minimum absolute atomic E-state index is 0.00166. The third kappa shape index (κ3) is 2.97. The van der Waals surface area contributed by atoms with E-state index in [0.717, 1.165) is 18.5 Å². The molecule has 0 amide bonds. The van der Waals surface area contributed by atoms with E-state index < -0.39 is 15.7 Å². The zero-order valence-electron chi connectivity index (χ0n) is 16.9. The van der Waals surface area contributed by atoms with E-state index in [-0.39, 0.29) is 10.5 Å². The number of sulfonamides is 1. The Bertz CT molecular complexity index is 1500. The van der Waals surface area contributed by atoms with Crippen LogP contribution in [0.1, 0.15) is 25.5 Å². The summed E-state index contributed by atoms with van der Waals surface area (Å²) < 4.78 is 29.1. The average Bonchev–Trinajstić information content (AvgIpc) is 3.20. The largest absolute Gasteiger partial charge is 0.332 e. The molecular formula is C19H22N6O4S. The number of unbranched alkanes of at least 4 members (excludes halogenated alkanes) is 1. The van der Waals surface area contributed by atoms with Gasteiger partial charge in [0, 0.05) is 31.2 Å². The minimum atomic E-state index is -3.80. The molecule has 0 saturated heterocycles. The van der Waals surface area contributed by atoms with Gasteiger partial charge in [-0.05, 0) is 37.6 Å². The van der Waals surface area contributed by atoms with Crippen molar-refractivity contribution in [2.24, 2.45) is 12.2 Å². The second kappa shape index (κ2) is 6.96. The highest BCUT2D eigenvalue weighted by atomic mass is 32.2. The van der Waals surface area contributed by atoms with Crippen molar-refractivity contribution in [3.63, 3.8) is 0 Å². The van der Waals surface area contributed by atoms with Gasteiger partial charge in [0.1, 0.15) is 0 Å². The van der Waals surface area contributed by atoms with Gasteiger partial charge in [-0.2, -0.15) is 4.98 Å². The molecule has 0 saturated carbocycles. The Morgan fingerprint density at radius 2 is 1.80 bits per heavy atom. The molecule has 3 aromatic heterocycles. The molecule has 4 rings (SSSR count).